The molecule has 2 N–H and O–H groups in total. The first-order valence-corrected chi connectivity index (χ1v) is 8.01. The maximum Gasteiger partial charge on any atom is 0.320 e. The fraction of sp³-hybridized carbons (Fsp3) is 0.211. The number of nitrogens with zero attached hydrogens (tertiary/aromatic N) is 1. The predicted molar refractivity (Wildman–Crippen MR) is 95.4 cm³/mol. The van der Waals surface area contributed by atoms with E-state index in [9.17, 15) is 14.4 Å². The van der Waals surface area contributed by atoms with Gasteiger partial charge in [0.25, 0.3) is 0 Å². The molecule has 0 atom stereocenters. The number of hydrogen-bond acceptors (Lipinski definition) is 5. The van der Waals surface area contributed by atoms with Crippen LogP contribution >= 0.6 is 0 Å². The summed E-state index contributed by atoms with van der Waals surface area (Å²) in [7, 11) is 0. The topological polar surface area (TPSA) is 95.9 Å². The second-order valence-electron chi connectivity index (χ2n) is 5.60. The Balaban J connectivity index is 1.86. The van der Waals surface area contributed by atoms with Crippen molar-refractivity contribution >= 4 is 23.5 Å². The van der Waals surface area contributed by atoms with Crippen molar-refractivity contribution in [2.24, 2.45) is 0 Å². The molecule has 2 rings (SSSR count). The molecule has 0 saturated carbocycles. The van der Waals surface area contributed by atoms with E-state index in [4.69, 9.17) is 9.84 Å². The molecule has 0 radical (unpaired) electrons. The molecule has 7 heteroatoms. The summed E-state index contributed by atoms with van der Waals surface area (Å²) in [5.41, 5.74) is 1.42. The number of amides is 1. The zero-order valence-corrected chi connectivity index (χ0v) is 14.1. The zero-order chi connectivity index (χ0) is 18.8. The number of anilines is 1. The zero-order valence-electron chi connectivity index (χ0n) is 14.1. The highest BCUT2D eigenvalue weighted by Crippen LogP contribution is 2.05. The maximum atomic E-state index is 12.1. The number of carbonyl (C=O) groups is 3. The number of carbonyl (C=O) groups excluding carboxylic acids is 2. The molecule has 26 heavy (non-hydrogen) atoms. The monoisotopic (exact) mass is 356 g/mol. The average molecular weight is 356 g/mol. The Labute approximate surface area is 151 Å². The summed E-state index contributed by atoms with van der Waals surface area (Å²) in [6.45, 7) is -0.873. The highest BCUT2D eigenvalue weighted by atomic mass is 16.5. The Morgan fingerprint density at radius 3 is 2.12 bits per heavy atom. The van der Waals surface area contributed by atoms with Crippen LogP contribution in [0.15, 0.2) is 60.7 Å². The SMILES string of the molecule is O=C(O)CN(CC(=O)Nc1ccccc1)CC(=O)OCc1ccccc1. The Morgan fingerprint density at radius 2 is 1.50 bits per heavy atom. The van der Waals surface area contributed by atoms with Crippen molar-refractivity contribution in [2.45, 2.75) is 6.61 Å². The van der Waals surface area contributed by atoms with Gasteiger partial charge in [-0.25, -0.2) is 0 Å². The number of nitrogens with one attached hydrogen (secondary N) is 1. The van der Waals surface area contributed by atoms with E-state index in [2.05, 4.69) is 5.32 Å². The standard InChI is InChI=1S/C19H20N2O5/c22-17(20-16-9-5-2-6-10-16)11-21(12-18(23)24)13-19(25)26-14-15-7-3-1-4-8-15/h1-10H,11-14H2,(H,20,22)(H,23,24). The van der Waals surface area contributed by atoms with E-state index in [-0.39, 0.29) is 19.7 Å². The molecule has 1 amide bonds. The fourth-order valence-corrected chi connectivity index (χ4v) is 2.25. The average Bonchev–Trinajstić information content (AvgIpc) is 2.61. The van der Waals surface area contributed by atoms with Gasteiger partial charge in [0, 0.05) is 5.69 Å². The normalized spacial score (nSPS) is 10.3. The number of carboxylic acids is 1. The third-order valence-electron chi connectivity index (χ3n) is 3.38. The molecule has 0 fully saturated rings. The molecule has 0 aliphatic carbocycles. The summed E-state index contributed by atoms with van der Waals surface area (Å²) in [4.78, 5) is 36.2. The minimum Gasteiger partial charge on any atom is -0.480 e. The molecule has 0 saturated heterocycles. The van der Waals surface area contributed by atoms with E-state index in [1.807, 2.05) is 36.4 Å². The van der Waals surface area contributed by atoms with Gasteiger partial charge >= 0.3 is 11.9 Å². The van der Waals surface area contributed by atoms with Crippen LogP contribution in [0.3, 0.4) is 0 Å². The highest BCUT2D eigenvalue weighted by molar-refractivity contribution is 5.92. The summed E-state index contributed by atoms with van der Waals surface area (Å²) in [6.07, 6.45) is 0. The molecule has 136 valence electrons. The number of carboxylic acid groups (broad SMARTS) is 1. The van der Waals surface area contributed by atoms with Crippen LogP contribution in [0, 0.1) is 0 Å². The van der Waals surface area contributed by atoms with E-state index in [1.165, 1.54) is 4.90 Å². The van der Waals surface area contributed by atoms with Gasteiger partial charge in [-0.1, -0.05) is 48.5 Å². The van der Waals surface area contributed by atoms with Gasteiger partial charge in [0.1, 0.15) is 6.61 Å². The minimum atomic E-state index is -1.13. The predicted octanol–water partition coefficient (Wildman–Crippen LogP) is 1.76. The molecular formula is C19H20N2O5. The second-order valence-corrected chi connectivity index (χ2v) is 5.60. The van der Waals surface area contributed by atoms with Crippen LogP contribution in [-0.2, 0) is 25.7 Å². The highest BCUT2D eigenvalue weighted by Gasteiger charge is 2.18. The van der Waals surface area contributed by atoms with Crippen LogP contribution in [0.4, 0.5) is 5.69 Å². The molecular weight excluding hydrogens is 336 g/mol. The maximum absolute atomic E-state index is 12.1. The first-order valence-electron chi connectivity index (χ1n) is 8.01. The largest absolute Gasteiger partial charge is 0.480 e. The van der Waals surface area contributed by atoms with Crippen molar-refractivity contribution in [3.05, 3.63) is 66.2 Å². The Hall–Kier alpha value is -3.19. The summed E-state index contributed by atoms with van der Waals surface area (Å²) in [5, 5.41) is 11.6. The van der Waals surface area contributed by atoms with Gasteiger partial charge in [0.15, 0.2) is 0 Å². The van der Waals surface area contributed by atoms with Gasteiger partial charge in [0.05, 0.1) is 19.6 Å². The molecule has 0 spiro atoms. The number of benzene rings is 2. The molecule has 0 aliphatic rings. The van der Waals surface area contributed by atoms with Gasteiger partial charge < -0.3 is 15.2 Å². The van der Waals surface area contributed by atoms with Crippen molar-refractivity contribution in [1.82, 2.24) is 4.90 Å². The first kappa shape index (κ1) is 19.1. The summed E-state index contributed by atoms with van der Waals surface area (Å²) < 4.78 is 5.13. The van der Waals surface area contributed by atoms with Crippen LogP contribution < -0.4 is 5.32 Å². The number of ether oxygens (including phenoxy) is 1. The quantitative estimate of drug-likeness (QED) is 0.665. The Kier molecular flexibility index (Phi) is 7.32. The van der Waals surface area contributed by atoms with E-state index < -0.39 is 24.4 Å². The van der Waals surface area contributed by atoms with Crippen LogP contribution in [0.25, 0.3) is 0 Å². The third kappa shape index (κ3) is 7.14. The molecule has 7 nitrogen and oxygen atoms in total. The number of esters is 1. The summed E-state index contributed by atoms with van der Waals surface area (Å²) >= 11 is 0. The lowest BCUT2D eigenvalue weighted by Crippen LogP contribution is -2.40. The van der Waals surface area contributed by atoms with Gasteiger partial charge in [-0.15, -0.1) is 0 Å². The third-order valence-corrected chi connectivity index (χ3v) is 3.38. The lowest BCUT2D eigenvalue weighted by molar-refractivity contribution is -0.147. The van der Waals surface area contributed by atoms with Crippen molar-refractivity contribution in [2.75, 3.05) is 25.0 Å². The van der Waals surface area contributed by atoms with Gasteiger partial charge in [-0.05, 0) is 17.7 Å². The molecule has 0 aromatic heterocycles. The summed E-state index contributed by atoms with van der Waals surface area (Å²) in [6, 6.07) is 17.9. The van der Waals surface area contributed by atoms with Crippen LogP contribution in [0.1, 0.15) is 5.56 Å². The lowest BCUT2D eigenvalue weighted by Gasteiger charge is -2.18. The number of aliphatic carboxylic acids is 1. The molecule has 0 bridgehead atoms. The molecule has 2 aromatic rings. The number of rotatable bonds is 9. The minimum absolute atomic E-state index is 0.0940. The Morgan fingerprint density at radius 1 is 0.885 bits per heavy atom. The van der Waals surface area contributed by atoms with Crippen molar-refractivity contribution in [3.8, 4) is 0 Å². The van der Waals surface area contributed by atoms with Gasteiger partial charge in [-0.3, -0.25) is 19.3 Å². The van der Waals surface area contributed by atoms with Gasteiger partial charge in [-0.2, -0.15) is 0 Å². The molecule has 2 aromatic carbocycles. The van der Waals surface area contributed by atoms with Crippen LogP contribution in [0.2, 0.25) is 0 Å². The second kappa shape index (κ2) is 9.95. The van der Waals surface area contributed by atoms with E-state index in [0.717, 1.165) is 5.56 Å². The first-order chi connectivity index (χ1) is 12.5. The van der Waals surface area contributed by atoms with E-state index in [1.54, 1.807) is 24.3 Å². The Bertz CT molecular complexity index is 734. The summed E-state index contributed by atoms with van der Waals surface area (Å²) in [5.74, 6) is -2.13. The number of para-hydroxylation sites is 1. The van der Waals surface area contributed by atoms with Crippen LogP contribution in [-0.4, -0.2) is 47.5 Å². The molecule has 0 unspecified atom stereocenters. The smallest absolute Gasteiger partial charge is 0.320 e. The lowest BCUT2D eigenvalue weighted by atomic mass is 10.2. The molecule has 0 aliphatic heterocycles. The van der Waals surface area contributed by atoms with Crippen LogP contribution in [0.5, 0.6) is 0 Å². The van der Waals surface area contributed by atoms with Crippen molar-refractivity contribution in [3.63, 3.8) is 0 Å². The van der Waals surface area contributed by atoms with Gasteiger partial charge in [0.2, 0.25) is 5.91 Å². The van der Waals surface area contributed by atoms with Crippen molar-refractivity contribution < 1.29 is 24.2 Å². The van der Waals surface area contributed by atoms with Crippen molar-refractivity contribution in [1.29, 1.82) is 0 Å². The van der Waals surface area contributed by atoms with E-state index >= 15 is 0 Å². The molecule has 0 heterocycles. The van der Waals surface area contributed by atoms with E-state index in [0.29, 0.717) is 5.69 Å². The fourth-order valence-electron chi connectivity index (χ4n) is 2.25. The number of hydrogen-bond donors (Lipinski definition) is 2.